The van der Waals surface area contributed by atoms with Gasteiger partial charge in [-0.3, -0.25) is 0 Å². The van der Waals surface area contributed by atoms with E-state index >= 15 is 0 Å². The molecule has 0 amide bonds. The molecule has 0 aliphatic carbocycles. The van der Waals surface area contributed by atoms with E-state index in [-0.39, 0.29) is 5.02 Å². The SMILES string of the molecule is Fc1ccc(-c2nc3ncc(Br)cc3[nH]2)cc1Cl. The highest BCUT2D eigenvalue weighted by atomic mass is 79.9. The lowest BCUT2D eigenvalue weighted by atomic mass is 10.2. The lowest BCUT2D eigenvalue weighted by Gasteiger charge is -1.98. The Hall–Kier alpha value is -1.46. The van der Waals surface area contributed by atoms with Crippen LogP contribution in [-0.2, 0) is 0 Å². The number of rotatable bonds is 1. The van der Waals surface area contributed by atoms with Crippen LogP contribution in [0, 0.1) is 5.82 Å². The molecule has 6 heteroatoms. The van der Waals surface area contributed by atoms with Crippen LogP contribution in [0.15, 0.2) is 34.9 Å². The van der Waals surface area contributed by atoms with Crippen molar-refractivity contribution >= 4 is 38.7 Å². The lowest BCUT2D eigenvalue weighted by molar-refractivity contribution is 0.628. The van der Waals surface area contributed by atoms with Crippen LogP contribution < -0.4 is 0 Å². The maximum Gasteiger partial charge on any atom is 0.178 e. The molecule has 0 atom stereocenters. The molecule has 3 rings (SSSR count). The van der Waals surface area contributed by atoms with Gasteiger partial charge >= 0.3 is 0 Å². The number of nitrogens with zero attached hydrogens (tertiary/aromatic N) is 2. The molecule has 1 N–H and O–H groups in total. The van der Waals surface area contributed by atoms with Crippen LogP contribution in [0.2, 0.25) is 5.02 Å². The fraction of sp³-hybridized carbons (Fsp3) is 0. The van der Waals surface area contributed by atoms with Crippen LogP contribution >= 0.6 is 27.5 Å². The summed E-state index contributed by atoms with van der Waals surface area (Å²) in [5, 5.41) is 0.0714. The van der Waals surface area contributed by atoms with Gasteiger partial charge in [0.05, 0.1) is 10.5 Å². The molecule has 0 unspecified atom stereocenters. The third kappa shape index (κ3) is 2.00. The molecule has 2 heterocycles. The molecule has 3 aromatic rings. The third-order valence-electron chi connectivity index (χ3n) is 2.50. The van der Waals surface area contributed by atoms with Crippen LogP contribution in [0.5, 0.6) is 0 Å². The normalized spacial score (nSPS) is 11.1. The number of benzene rings is 1. The van der Waals surface area contributed by atoms with Crippen LogP contribution in [0.4, 0.5) is 4.39 Å². The lowest BCUT2D eigenvalue weighted by Crippen LogP contribution is -1.83. The summed E-state index contributed by atoms with van der Waals surface area (Å²) in [5.41, 5.74) is 2.13. The van der Waals surface area contributed by atoms with Crippen molar-refractivity contribution < 1.29 is 4.39 Å². The standard InChI is InChI=1S/C12H6BrClFN3/c13-7-4-10-12(16-5-7)18-11(17-10)6-1-2-9(15)8(14)3-6/h1-5H,(H,16,17,18). The number of hydrogen-bond acceptors (Lipinski definition) is 2. The number of halogens is 3. The average Bonchev–Trinajstić information content (AvgIpc) is 2.75. The van der Waals surface area contributed by atoms with Gasteiger partial charge in [-0.25, -0.2) is 14.4 Å². The number of hydrogen-bond donors (Lipinski definition) is 1. The quantitative estimate of drug-likeness (QED) is 0.729. The van der Waals surface area contributed by atoms with E-state index in [1.807, 2.05) is 6.07 Å². The van der Waals surface area contributed by atoms with Crippen molar-refractivity contribution in [2.75, 3.05) is 0 Å². The van der Waals surface area contributed by atoms with Crippen LogP contribution in [0.3, 0.4) is 0 Å². The summed E-state index contributed by atoms with van der Waals surface area (Å²) in [6.07, 6.45) is 1.67. The summed E-state index contributed by atoms with van der Waals surface area (Å²) in [6.45, 7) is 0. The van der Waals surface area contributed by atoms with Gasteiger partial charge in [-0.2, -0.15) is 0 Å². The molecule has 0 saturated carbocycles. The highest BCUT2D eigenvalue weighted by molar-refractivity contribution is 9.10. The van der Waals surface area contributed by atoms with Gasteiger partial charge in [-0.15, -0.1) is 0 Å². The highest BCUT2D eigenvalue weighted by Crippen LogP contribution is 2.25. The van der Waals surface area contributed by atoms with Crippen LogP contribution in [-0.4, -0.2) is 15.0 Å². The number of H-pyrrole nitrogens is 1. The Kier molecular flexibility index (Phi) is 2.80. The second kappa shape index (κ2) is 4.33. The molecule has 0 saturated heterocycles. The highest BCUT2D eigenvalue weighted by Gasteiger charge is 2.08. The summed E-state index contributed by atoms with van der Waals surface area (Å²) in [5.74, 6) is 0.162. The first kappa shape index (κ1) is 11.6. The second-order valence-electron chi connectivity index (χ2n) is 3.74. The summed E-state index contributed by atoms with van der Waals surface area (Å²) in [6, 6.07) is 6.34. The Morgan fingerprint density at radius 2 is 2.11 bits per heavy atom. The van der Waals surface area contributed by atoms with E-state index in [0.717, 1.165) is 15.6 Å². The van der Waals surface area contributed by atoms with Gasteiger partial charge in [0.25, 0.3) is 0 Å². The maximum absolute atomic E-state index is 13.1. The second-order valence-corrected chi connectivity index (χ2v) is 5.06. The van der Waals surface area contributed by atoms with Gasteiger partial charge in [0, 0.05) is 16.2 Å². The van der Waals surface area contributed by atoms with Crippen molar-refractivity contribution in [1.82, 2.24) is 15.0 Å². The minimum atomic E-state index is -0.447. The van der Waals surface area contributed by atoms with Crippen molar-refractivity contribution in [3.63, 3.8) is 0 Å². The molecule has 0 bridgehead atoms. The molecule has 2 aromatic heterocycles. The summed E-state index contributed by atoms with van der Waals surface area (Å²) in [7, 11) is 0. The smallest absolute Gasteiger partial charge is 0.178 e. The summed E-state index contributed by atoms with van der Waals surface area (Å²) >= 11 is 9.09. The van der Waals surface area contributed by atoms with Crippen molar-refractivity contribution in [3.8, 4) is 11.4 Å². The number of aromatic amines is 1. The molecular formula is C12H6BrClFN3. The Balaban J connectivity index is 2.16. The predicted octanol–water partition coefficient (Wildman–Crippen LogP) is 4.18. The molecule has 90 valence electrons. The molecule has 0 radical (unpaired) electrons. The zero-order valence-electron chi connectivity index (χ0n) is 8.92. The molecular weight excluding hydrogens is 321 g/mol. The number of imidazole rings is 1. The summed E-state index contributed by atoms with van der Waals surface area (Å²) in [4.78, 5) is 11.6. The van der Waals surface area contributed by atoms with E-state index in [2.05, 4.69) is 30.9 Å². The van der Waals surface area contributed by atoms with E-state index in [1.165, 1.54) is 12.1 Å². The van der Waals surface area contributed by atoms with Crippen molar-refractivity contribution in [2.24, 2.45) is 0 Å². The Morgan fingerprint density at radius 1 is 1.28 bits per heavy atom. The number of fused-ring (bicyclic) bond motifs is 1. The zero-order valence-corrected chi connectivity index (χ0v) is 11.3. The first-order valence-electron chi connectivity index (χ1n) is 5.10. The van der Waals surface area contributed by atoms with E-state index in [9.17, 15) is 4.39 Å². The Morgan fingerprint density at radius 3 is 2.89 bits per heavy atom. The predicted molar refractivity (Wildman–Crippen MR) is 72.0 cm³/mol. The number of aromatic nitrogens is 3. The van der Waals surface area contributed by atoms with E-state index in [0.29, 0.717) is 11.5 Å². The van der Waals surface area contributed by atoms with E-state index in [4.69, 9.17) is 11.6 Å². The zero-order chi connectivity index (χ0) is 12.7. The van der Waals surface area contributed by atoms with Crippen molar-refractivity contribution in [2.45, 2.75) is 0 Å². The fourth-order valence-electron chi connectivity index (χ4n) is 1.65. The molecule has 18 heavy (non-hydrogen) atoms. The minimum absolute atomic E-state index is 0.0714. The van der Waals surface area contributed by atoms with E-state index in [1.54, 1.807) is 12.3 Å². The minimum Gasteiger partial charge on any atom is -0.337 e. The van der Waals surface area contributed by atoms with Crippen LogP contribution in [0.1, 0.15) is 0 Å². The van der Waals surface area contributed by atoms with Crippen molar-refractivity contribution in [3.05, 3.63) is 45.8 Å². The molecule has 1 aromatic carbocycles. The maximum atomic E-state index is 13.1. The van der Waals surface area contributed by atoms with Gasteiger partial charge in [0.15, 0.2) is 5.65 Å². The number of nitrogens with one attached hydrogen (secondary N) is 1. The Labute approximate surface area is 115 Å². The summed E-state index contributed by atoms with van der Waals surface area (Å²) < 4.78 is 14.0. The van der Waals surface area contributed by atoms with Crippen molar-refractivity contribution in [1.29, 1.82) is 0 Å². The molecule has 0 aliphatic heterocycles. The van der Waals surface area contributed by atoms with E-state index < -0.39 is 5.82 Å². The van der Waals surface area contributed by atoms with Gasteiger partial charge in [0.1, 0.15) is 11.6 Å². The largest absolute Gasteiger partial charge is 0.337 e. The molecule has 0 spiro atoms. The average molecular weight is 327 g/mol. The molecule has 0 fully saturated rings. The Bertz CT molecular complexity index is 741. The number of pyridine rings is 1. The first-order valence-corrected chi connectivity index (χ1v) is 6.27. The van der Waals surface area contributed by atoms with Gasteiger partial charge < -0.3 is 4.98 Å². The van der Waals surface area contributed by atoms with Gasteiger partial charge in [-0.05, 0) is 40.2 Å². The fourth-order valence-corrected chi connectivity index (χ4v) is 2.17. The first-order chi connectivity index (χ1) is 8.63. The topological polar surface area (TPSA) is 41.6 Å². The molecule has 3 nitrogen and oxygen atoms in total. The third-order valence-corrected chi connectivity index (χ3v) is 3.22. The van der Waals surface area contributed by atoms with Crippen LogP contribution in [0.25, 0.3) is 22.6 Å². The molecule has 0 aliphatic rings. The monoisotopic (exact) mass is 325 g/mol. The van der Waals surface area contributed by atoms with Gasteiger partial charge in [0.2, 0.25) is 0 Å². The van der Waals surface area contributed by atoms with Gasteiger partial charge in [-0.1, -0.05) is 11.6 Å².